The molecule has 186 valence electrons. The van der Waals surface area contributed by atoms with Crippen LogP contribution in [0, 0.1) is 6.92 Å². The first-order valence-electron chi connectivity index (χ1n) is 12.1. The lowest BCUT2D eigenvalue weighted by atomic mass is 10.1. The molecular formula is C29H31N3O4. The summed E-state index contributed by atoms with van der Waals surface area (Å²) in [5.41, 5.74) is 3.07. The van der Waals surface area contributed by atoms with E-state index < -0.39 is 11.1 Å². The van der Waals surface area contributed by atoms with Crippen molar-refractivity contribution in [2.75, 3.05) is 0 Å². The summed E-state index contributed by atoms with van der Waals surface area (Å²) in [6.07, 6.45) is 0.180. The second-order valence-electron chi connectivity index (χ2n) is 9.16. The number of nitrogens with zero attached hydrogens (tertiary/aromatic N) is 2. The Morgan fingerprint density at radius 2 is 1.42 bits per heavy atom. The van der Waals surface area contributed by atoms with Crippen LogP contribution in [0.3, 0.4) is 0 Å². The van der Waals surface area contributed by atoms with Gasteiger partial charge in [-0.3, -0.25) is 19.0 Å². The van der Waals surface area contributed by atoms with E-state index >= 15 is 0 Å². The zero-order chi connectivity index (χ0) is 25.7. The van der Waals surface area contributed by atoms with Gasteiger partial charge in [0, 0.05) is 19.5 Å². The van der Waals surface area contributed by atoms with Crippen LogP contribution in [0.25, 0.3) is 11.0 Å². The van der Waals surface area contributed by atoms with Crippen LogP contribution in [0.5, 0.6) is 5.75 Å². The number of aromatic nitrogens is 2. The molecule has 0 atom stereocenters. The van der Waals surface area contributed by atoms with Crippen LogP contribution >= 0.6 is 0 Å². The Hall–Kier alpha value is -4.13. The minimum absolute atomic E-state index is 0.0832. The smallest absolute Gasteiger partial charge is 0.317 e. The fourth-order valence-electron chi connectivity index (χ4n) is 4.09. The predicted octanol–water partition coefficient (Wildman–Crippen LogP) is 4.01. The number of para-hydroxylation sites is 2. The van der Waals surface area contributed by atoms with Crippen molar-refractivity contribution < 1.29 is 9.53 Å². The number of aryl methyl sites for hydroxylation is 2. The van der Waals surface area contributed by atoms with E-state index in [-0.39, 0.29) is 25.0 Å². The number of fused-ring (bicyclic) bond motifs is 1. The molecule has 1 heterocycles. The number of ether oxygens (including phenoxy) is 1. The molecule has 7 nitrogen and oxygen atoms in total. The molecular weight excluding hydrogens is 454 g/mol. The van der Waals surface area contributed by atoms with Gasteiger partial charge in [0.2, 0.25) is 5.91 Å². The highest BCUT2D eigenvalue weighted by Crippen LogP contribution is 2.15. The van der Waals surface area contributed by atoms with Crippen LogP contribution in [-0.2, 0) is 24.4 Å². The number of carbonyl (C=O) groups is 1. The lowest BCUT2D eigenvalue weighted by molar-refractivity contribution is -0.121. The molecule has 1 amide bonds. The van der Waals surface area contributed by atoms with Gasteiger partial charge >= 0.3 is 11.1 Å². The van der Waals surface area contributed by atoms with Gasteiger partial charge in [-0.15, -0.1) is 0 Å². The van der Waals surface area contributed by atoms with Crippen LogP contribution < -0.4 is 21.2 Å². The average molecular weight is 486 g/mol. The van der Waals surface area contributed by atoms with E-state index in [1.54, 1.807) is 6.07 Å². The molecule has 0 bridgehead atoms. The van der Waals surface area contributed by atoms with E-state index in [1.165, 1.54) is 9.13 Å². The molecule has 0 unspecified atom stereocenters. The standard InChI is InChI=1S/C29H31N3O4/c1-20(2)36-24-14-12-22(13-15-24)18-30-27(33)16-17-31-25-6-4-5-7-26(25)32(29(35)28(31)34)19-23-10-8-21(3)9-11-23/h4-15,20H,16-19H2,1-3H3,(H,30,33). The third-order valence-corrected chi connectivity index (χ3v) is 5.95. The Kier molecular flexibility index (Phi) is 7.68. The van der Waals surface area contributed by atoms with Gasteiger partial charge in [0.25, 0.3) is 0 Å². The van der Waals surface area contributed by atoms with Gasteiger partial charge in [0.15, 0.2) is 0 Å². The largest absolute Gasteiger partial charge is 0.491 e. The van der Waals surface area contributed by atoms with Gasteiger partial charge in [0.1, 0.15) is 5.75 Å². The first kappa shape index (κ1) is 25.0. The van der Waals surface area contributed by atoms with E-state index in [1.807, 2.05) is 87.5 Å². The van der Waals surface area contributed by atoms with Crippen molar-refractivity contribution >= 4 is 16.9 Å². The van der Waals surface area contributed by atoms with Crippen LogP contribution in [0.1, 0.15) is 37.0 Å². The summed E-state index contributed by atoms with van der Waals surface area (Å²) in [5.74, 6) is 0.584. The normalized spacial score (nSPS) is 11.1. The maximum absolute atomic E-state index is 13.0. The Morgan fingerprint density at radius 3 is 2.06 bits per heavy atom. The number of carbonyl (C=O) groups excluding carboxylic acids is 1. The quantitative estimate of drug-likeness (QED) is 0.363. The van der Waals surface area contributed by atoms with Crippen LogP contribution in [-0.4, -0.2) is 21.1 Å². The Bertz CT molecular complexity index is 1470. The minimum Gasteiger partial charge on any atom is -0.491 e. The summed E-state index contributed by atoms with van der Waals surface area (Å²) in [6.45, 7) is 6.73. The number of amides is 1. The Labute approximate surface area is 210 Å². The summed E-state index contributed by atoms with van der Waals surface area (Å²) >= 11 is 0. The molecule has 4 aromatic rings. The summed E-state index contributed by atoms with van der Waals surface area (Å²) in [7, 11) is 0. The van der Waals surface area contributed by atoms with Crippen molar-refractivity contribution in [1.29, 1.82) is 0 Å². The molecule has 0 fully saturated rings. The summed E-state index contributed by atoms with van der Waals surface area (Å²) < 4.78 is 8.55. The molecule has 1 N–H and O–H groups in total. The van der Waals surface area contributed by atoms with Crippen LogP contribution in [0.4, 0.5) is 0 Å². The summed E-state index contributed by atoms with van der Waals surface area (Å²) in [4.78, 5) is 38.6. The van der Waals surface area contributed by atoms with Gasteiger partial charge in [0.05, 0.1) is 23.7 Å². The molecule has 3 aromatic carbocycles. The van der Waals surface area contributed by atoms with Crippen molar-refractivity contribution in [2.24, 2.45) is 0 Å². The first-order valence-corrected chi connectivity index (χ1v) is 12.1. The maximum atomic E-state index is 13.0. The van der Waals surface area contributed by atoms with Crippen molar-refractivity contribution in [1.82, 2.24) is 14.5 Å². The second-order valence-corrected chi connectivity index (χ2v) is 9.16. The molecule has 0 aliphatic carbocycles. The van der Waals surface area contributed by atoms with Crippen molar-refractivity contribution in [3.8, 4) is 5.75 Å². The monoisotopic (exact) mass is 485 g/mol. The maximum Gasteiger partial charge on any atom is 0.317 e. The van der Waals surface area contributed by atoms with Gasteiger partial charge in [-0.2, -0.15) is 0 Å². The number of benzene rings is 3. The molecule has 36 heavy (non-hydrogen) atoms. The Morgan fingerprint density at radius 1 is 0.833 bits per heavy atom. The zero-order valence-corrected chi connectivity index (χ0v) is 20.9. The third-order valence-electron chi connectivity index (χ3n) is 5.95. The zero-order valence-electron chi connectivity index (χ0n) is 20.9. The lowest BCUT2D eigenvalue weighted by Gasteiger charge is -2.15. The second kappa shape index (κ2) is 11.1. The number of nitrogens with one attached hydrogen (secondary N) is 1. The average Bonchev–Trinajstić information content (AvgIpc) is 2.87. The van der Waals surface area contributed by atoms with Gasteiger partial charge in [-0.05, 0) is 56.2 Å². The first-order chi connectivity index (χ1) is 17.3. The minimum atomic E-state index is -0.630. The number of rotatable bonds is 9. The molecule has 7 heteroatoms. The topological polar surface area (TPSA) is 82.3 Å². The van der Waals surface area contributed by atoms with Gasteiger partial charge < -0.3 is 14.6 Å². The molecule has 0 spiro atoms. The Balaban J connectivity index is 1.48. The van der Waals surface area contributed by atoms with Crippen LogP contribution in [0.2, 0.25) is 0 Å². The highest BCUT2D eigenvalue weighted by Gasteiger charge is 2.14. The molecule has 1 aromatic heterocycles. The molecule has 0 radical (unpaired) electrons. The summed E-state index contributed by atoms with van der Waals surface area (Å²) in [6, 6.07) is 22.7. The summed E-state index contributed by atoms with van der Waals surface area (Å²) in [5, 5.41) is 2.88. The van der Waals surface area contributed by atoms with E-state index in [9.17, 15) is 14.4 Å². The van der Waals surface area contributed by atoms with E-state index in [2.05, 4.69) is 5.32 Å². The highest BCUT2D eigenvalue weighted by molar-refractivity contribution is 5.77. The van der Waals surface area contributed by atoms with Crippen LogP contribution in [0.15, 0.2) is 82.4 Å². The molecule has 4 rings (SSSR count). The molecule has 0 aliphatic rings. The molecule has 0 saturated heterocycles. The number of hydrogen-bond donors (Lipinski definition) is 1. The predicted molar refractivity (Wildman–Crippen MR) is 141 cm³/mol. The van der Waals surface area contributed by atoms with Gasteiger partial charge in [-0.25, -0.2) is 0 Å². The highest BCUT2D eigenvalue weighted by atomic mass is 16.5. The molecule has 0 saturated carbocycles. The molecule has 0 aliphatic heterocycles. The fourth-order valence-corrected chi connectivity index (χ4v) is 4.09. The van der Waals surface area contributed by atoms with E-state index in [4.69, 9.17) is 4.74 Å². The van der Waals surface area contributed by atoms with Gasteiger partial charge in [-0.1, -0.05) is 54.1 Å². The number of hydrogen-bond acceptors (Lipinski definition) is 4. The van der Waals surface area contributed by atoms with Crippen molar-refractivity contribution in [2.45, 2.75) is 52.9 Å². The fraction of sp³-hybridized carbons (Fsp3) is 0.276. The van der Waals surface area contributed by atoms with Crippen molar-refractivity contribution in [3.63, 3.8) is 0 Å². The third kappa shape index (κ3) is 5.92. The van der Waals surface area contributed by atoms with E-state index in [0.29, 0.717) is 24.1 Å². The lowest BCUT2D eigenvalue weighted by Crippen LogP contribution is -2.42. The van der Waals surface area contributed by atoms with Crippen molar-refractivity contribution in [3.05, 3.63) is 110 Å². The SMILES string of the molecule is Cc1ccc(Cn2c(=O)c(=O)n(CCC(=O)NCc3ccc(OC(C)C)cc3)c3ccccc32)cc1. The van der Waals surface area contributed by atoms with E-state index in [0.717, 1.165) is 22.4 Å².